The zero-order chi connectivity index (χ0) is 27.8. The Morgan fingerprint density at radius 2 is 2.00 bits per heavy atom. The average Bonchev–Trinajstić information content (AvgIpc) is 3.48. The minimum atomic E-state index is -0.445. The largest absolute Gasteiger partial charge is 0.361 e. The highest BCUT2D eigenvalue weighted by molar-refractivity contribution is 6.33. The maximum Gasteiger partial charge on any atom is 0.273 e. The van der Waals surface area contributed by atoms with Gasteiger partial charge in [-0.2, -0.15) is 5.10 Å². The molecule has 0 aliphatic heterocycles. The van der Waals surface area contributed by atoms with Crippen LogP contribution in [0.4, 0.5) is 10.2 Å². The number of aromatic nitrogens is 4. The van der Waals surface area contributed by atoms with Crippen LogP contribution in [0.2, 0.25) is 5.02 Å². The van der Waals surface area contributed by atoms with Gasteiger partial charge in [0.25, 0.3) is 5.91 Å². The van der Waals surface area contributed by atoms with Crippen molar-refractivity contribution in [3.05, 3.63) is 58.5 Å². The van der Waals surface area contributed by atoms with Crippen molar-refractivity contribution in [3.63, 3.8) is 0 Å². The molecular formula is C28H30ClFN6O3. The zero-order valence-electron chi connectivity index (χ0n) is 22.2. The maximum atomic E-state index is 15.1. The summed E-state index contributed by atoms with van der Waals surface area (Å²) in [5, 5.41) is 15.0. The van der Waals surface area contributed by atoms with Crippen LogP contribution in [-0.2, 0) is 11.8 Å². The van der Waals surface area contributed by atoms with Crippen molar-refractivity contribution >= 4 is 40.1 Å². The number of halogens is 2. The molecule has 5 rings (SSSR count). The fraction of sp³-hybridized carbons (Fsp3) is 0.393. The Labute approximate surface area is 230 Å². The Morgan fingerprint density at radius 1 is 1.21 bits per heavy atom. The quantitative estimate of drug-likeness (QED) is 0.313. The molecule has 3 aromatic heterocycles. The van der Waals surface area contributed by atoms with Gasteiger partial charge < -0.3 is 15.2 Å². The highest BCUT2D eigenvalue weighted by atomic mass is 35.5. The molecule has 9 nitrogen and oxygen atoms in total. The molecule has 1 fully saturated rings. The molecule has 0 spiro atoms. The molecule has 11 heteroatoms. The van der Waals surface area contributed by atoms with Crippen LogP contribution < -0.4 is 10.6 Å². The van der Waals surface area contributed by atoms with Crippen LogP contribution in [0.1, 0.15) is 67.4 Å². The third kappa shape index (κ3) is 5.52. The van der Waals surface area contributed by atoms with Gasteiger partial charge in [-0.1, -0.05) is 37.0 Å². The SMILES string of the molecule is Cc1cc(C(=O)N[C@@H]2CCC[C@H](C(=O)Nc3cc(-c4cc(F)c5nn(C)c(C(C)C)c5c4)c(Cl)cn3)C2)no1. The summed E-state index contributed by atoms with van der Waals surface area (Å²) in [5.74, 6) is -0.245. The molecule has 1 aliphatic rings. The minimum absolute atomic E-state index is 0.140. The first-order valence-corrected chi connectivity index (χ1v) is 13.4. The molecule has 0 radical (unpaired) electrons. The number of rotatable bonds is 6. The van der Waals surface area contributed by atoms with Crippen molar-refractivity contribution in [1.29, 1.82) is 0 Å². The molecule has 2 atom stereocenters. The lowest BCUT2D eigenvalue weighted by Crippen LogP contribution is -2.41. The van der Waals surface area contributed by atoms with E-state index in [1.165, 1.54) is 12.3 Å². The molecule has 3 heterocycles. The van der Waals surface area contributed by atoms with E-state index in [0.717, 1.165) is 23.9 Å². The van der Waals surface area contributed by atoms with Gasteiger partial charge in [0, 0.05) is 47.9 Å². The van der Waals surface area contributed by atoms with Gasteiger partial charge in [-0.05, 0) is 55.9 Å². The fourth-order valence-corrected chi connectivity index (χ4v) is 5.58. The van der Waals surface area contributed by atoms with Gasteiger partial charge in [0.1, 0.15) is 17.1 Å². The first-order valence-electron chi connectivity index (χ1n) is 13.0. The molecule has 2 N–H and O–H groups in total. The second kappa shape index (κ2) is 10.8. The molecule has 1 aromatic carbocycles. The number of nitrogens with one attached hydrogen (secondary N) is 2. The van der Waals surface area contributed by atoms with Gasteiger partial charge in [0.15, 0.2) is 11.5 Å². The van der Waals surface area contributed by atoms with E-state index in [1.807, 2.05) is 19.9 Å². The van der Waals surface area contributed by atoms with Crippen molar-refractivity contribution < 1.29 is 18.5 Å². The third-order valence-corrected chi connectivity index (χ3v) is 7.44. The number of hydrogen-bond donors (Lipinski definition) is 2. The summed E-state index contributed by atoms with van der Waals surface area (Å²) in [6, 6.07) is 6.35. The molecule has 2 amide bonds. The summed E-state index contributed by atoms with van der Waals surface area (Å²) >= 11 is 6.48. The van der Waals surface area contributed by atoms with Crippen molar-refractivity contribution in [2.24, 2.45) is 13.0 Å². The predicted octanol–water partition coefficient (Wildman–Crippen LogP) is 5.77. The number of benzene rings is 1. The number of pyridine rings is 1. The van der Waals surface area contributed by atoms with Gasteiger partial charge in [-0.3, -0.25) is 14.3 Å². The van der Waals surface area contributed by atoms with E-state index < -0.39 is 5.82 Å². The first kappa shape index (κ1) is 26.8. The highest BCUT2D eigenvalue weighted by Gasteiger charge is 2.29. The van der Waals surface area contributed by atoms with Crippen LogP contribution in [0, 0.1) is 18.7 Å². The second-order valence-corrected chi connectivity index (χ2v) is 10.8. The van der Waals surface area contributed by atoms with Gasteiger partial charge in [-0.25, -0.2) is 9.37 Å². The summed E-state index contributed by atoms with van der Waals surface area (Å²) in [7, 11) is 1.80. The summed E-state index contributed by atoms with van der Waals surface area (Å²) in [6.07, 6.45) is 4.21. The predicted molar refractivity (Wildman–Crippen MR) is 146 cm³/mol. The van der Waals surface area contributed by atoms with E-state index in [2.05, 4.69) is 25.9 Å². The number of carbonyl (C=O) groups is 2. The molecule has 1 saturated carbocycles. The monoisotopic (exact) mass is 552 g/mol. The topological polar surface area (TPSA) is 115 Å². The van der Waals surface area contributed by atoms with E-state index in [9.17, 15) is 9.59 Å². The average molecular weight is 553 g/mol. The number of fused-ring (bicyclic) bond motifs is 1. The summed E-state index contributed by atoms with van der Waals surface area (Å²) in [4.78, 5) is 29.9. The van der Waals surface area contributed by atoms with Gasteiger partial charge in [0.05, 0.1) is 5.02 Å². The van der Waals surface area contributed by atoms with E-state index in [1.54, 1.807) is 30.8 Å². The number of hydrogen-bond acceptors (Lipinski definition) is 6. The van der Waals surface area contributed by atoms with Crippen LogP contribution in [0.25, 0.3) is 22.0 Å². The number of aryl methyl sites for hydroxylation is 2. The van der Waals surface area contributed by atoms with Crippen molar-refractivity contribution in [2.75, 3.05) is 5.32 Å². The summed E-state index contributed by atoms with van der Waals surface area (Å²) in [6.45, 7) is 5.78. The Bertz CT molecular complexity index is 1560. The van der Waals surface area contributed by atoms with Crippen molar-refractivity contribution in [2.45, 2.75) is 58.4 Å². The Kier molecular flexibility index (Phi) is 7.40. The third-order valence-electron chi connectivity index (χ3n) is 7.14. The van der Waals surface area contributed by atoms with Crippen LogP contribution >= 0.6 is 11.6 Å². The van der Waals surface area contributed by atoms with Crippen LogP contribution in [-0.4, -0.2) is 37.8 Å². The molecule has 4 aromatic rings. The number of amides is 2. The molecule has 204 valence electrons. The number of nitrogens with zero attached hydrogens (tertiary/aromatic N) is 4. The molecule has 0 unspecified atom stereocenters. The van der Waals surface area contributed by atoms with Crippen molar-refractivity contribution in [1.82, 2.24) is 25.2 Å². The van der Waals surface area contributed by atoms with E-state index >= 15 is 4.39 Å². The van der Waals surface area contributed by atoms with Gasteiger partial charge >= 0.3 is 0 Å². The Balaban J connectivity index is 1.33. The molecule has 39 heavy (non-hydrogen) atoms. The second-order valence-electron chi connectivity index (χ2n) is 10.4. The van der Waals surface area contributed by atoms with E-state index in [0.29, 0.717) is 46.1 Å². The Hall–Kier alpha value is -3.79. The lowest BCUT2D eigenvalue weighted by atomic mass is 9.85. The summed E-state index contributed by atoms with van der Waals surface area (Å²) in [5.41, 5.74) is 2.57. The van der Waals surface area contributed by atoms with E-state index in [4.69, 9.17) is 16.1 Å². The fourth-order valence-electron chi connectivity index (χ4n) is 5.36. The Morgan fingerprint density at radius 3 is 2.72 bits per heavy atom. The molecular weight excluding hydrogens is 523 g/mol. The normalized spacial score (nSPS) is 17.5. The number of carbonyl (C=O) groups excluding carboxylic acids is 2. The van der Waals surface area contributed by atoms with Crippen LogP contribution in [0.5, 0.6) is 0 Å². The molecule has 0 bridgehead atoms. The first-order chi connectivity index (χ1) is 18.6. The highest BCUT2D eigenvalue weighted by Crippen LogP contribution is 2.35. The smallest absolute Gasteiger partial charge is 0.273 e. The van der Waals surface area contributed by atoms with Gasteiger partial charge in [0.2, 0.25) is 5.91 Å². The maximum absolute atomic E-state index is 15.1. The standard InChI is InChI=1S/C28H30ClFN6O3/c1-14(2)26-20-10-17(11-22(30)25(20)34-36(26)4)19-12-24(31-13-21(19)29)33-27(37)16-6-5-7-18(9-16)32-28(38)23-8-15(3)39-35-23/h8,10-14,16,18H,5-7,9H2,1-4H3,(H,32,38)(H,31,33,37)/t16-,18+/m0/s1. The lowest BCUT2D eigenvalue weighted by Gasteiger charge is -2.28. The van der Waals surface area contributed by atoms with Crippen molar-refractivity contribution in [3.8, 4) is 11.1 Å². The van der Waals surface area contributed by atoms with Crippen LogP contribution in [0.3, 0.4) is 0 Å². The lowest BCUT2D eigenvalue weighted by molar-refractivity contribution is -0.121. The molecule has 0 saturated heterocycles. The zero-order valence-corrected chi connectivity index (χ0v) is 23.0. The summed E-state index contributed by atoms with van der Waals surface area (Å²) < 4.78 is 21.7. The molecule has 1 aliphatic carbocycles. The minimum Gasteiger partial charge on any atom is -0.361 e. The van der Waals surface area contributed by atoms with Crippen LogP contribution in [0.15, 0.2) is 35.0 Å². The van der Waals surface area contributed by atoms with E-state index in [-0.39, 0.29) is 35.4 Å². The van der Waals surface area contributed by atoms with Gasteiger partial charge in [-0.15, -0.1) is 0 Å². The number of anilines is 1.